The largest absolute Gasteiger partial charge is 0.460 e. The first-order valence-corrected chi connectivity index (χ1v) is 8.67. The summed E-state index contributed by atoms with van der Waals surface area (Å²) >= 11 is 3.51. The summed E-state index contributed by atoms with van der Waals surface area (Å²) in [5.74, 6) is 0. The molecule has 0 aliphatic carbocycles. The van der Waals surface area contributed by atoms with Crippen LogP contribution < -0.4 is 4.74 Å². The van der Waals surface area contributed by atoms with E-state index in [1.165, 1.54) is 0 Å². The average molecular weight is 369 g/mol. The third kappa shape index (κ3) is 3.25. The van der Waals surface area contributed by atoms with Crippen molar-refractivity contribution in [2.24, 2.45) is 0 Å². The summed E-state index contributed by atoms with van der Waals surface area (Å²) in [6.45, 7) is 4.95. The van der Waals surface area contributed by atoms with E-state index in [0.29, 0.717) is 6.01 Å². The molecular formula is C15H21BrN4O2. The molecule has 7 heteroatoms. The van der Waals surface area contributed by atoms with Crippen LogP contribution in [-0.4, -0.2) is 32.2 Å². The van der Waals surface area contributed by atoms with Gasteiger partial charge in [0.2, 0.25) is 0 Å². The third-order valence-electron chi connectivity index (χ3n) is 3.81. The lowest BCUT2D eigenvalue weighted by Crippen LogP contribution is -2.19. The van der Waals surface area contributed by atoms with E-state index < -0.39 is 0 Å². The van der Waals surface area contributed by atoms with Crippen LogP contribution in [0.2, 0.25) is 0 Å². The molecule has 6 nitrogen and oxygen atoms in total. The Morgan fingerprint density at radius 3 is 3.05 bits per heavy atom. The summed E-state index contributed by atoms with van der Waals surface area (Å²) in [7, 11) is 0. The lowest BCUT2D eigenvalue weighted by atomic mass is 10.2. The Hall–Kier alpha value is -1.21. The molecule has 3 rings (SSSR count). The minimum Gasteiger partial charge on any atom is -0.460 e. The highest BCUT2D eigenvalue weighted by Gasteiger charge is 2.22. The maximum absolute atomic E-state index is 5.86. The summed E-state index contributed by atoms with van der Waals surface area (Å²) < 4.78 is 14.4. The Balaban J connectivity index is 1.92. The van der Waals surface area contributed by atoms with E-state index in [9.17, 15) is 0 Å². The van der Waals surface area contributed by atoms with Crippen molar-refractivity contribution < 1.29 is 9.47 Å². The zero-order valence-corrected chi connectivity index (χ0v) is 14.5. The molecule has 1 unspecified atom stereocenters. The van der Waals surface area contributed by atoms with Crippen molar-refractivity contribution in [3.05, 3.63) is 10.9 Å². The fraction of sp³-hybridized carbons (Fsp3) is 0.667. The molecule has 0 amide bonds. The van der Waals surface area contributed by atoms with Gasteiger partial charge in [0.05, 0.1) is 12.3 Å². The molecule has 120 valence electrons. The van der Waals surface area contributed by atoms with E-state index in [1.807, 2.05) is 11.5 Å². The smallest absolute Gasteiger partial charge is 0.318 e. The van der Waals surface area contributed by atoms with Gasteiger partial charge in [0.15, 0.2) is 10.4 Å². The molecule has 0 saturated carbocycles. The van der Waals surface area contributed by atoms with E-state index in [-0.39, 0.29) is 12.3 Å². The Labute approximate surface area is 138 Å². The highest BCUT2D eigenvalue weighted by atomic mass is 79.9. The molecule has 1 fully saturated rings. The summed E-state index contributed by atoms with van der Waals surface area (Å²) in [6, 6.07) is 0.401. The monoisotopic (exact) mass is 368 g/mol. The number of hydrogen-bond donors (Lipinski definition) is 0. The van der Waals surface area contributed by atoms with Crippen molar-refractivity contribution in [2.45, 2.75) is 58.3 Å². The molecule has 2 atom stereocenters. The Kier molecular flexibility index (Phi) is 4.93. The maximum atomic E-state index is 5.86. The van der Waals surface area contributed by atoms with Crippen LogP contribution in [0, 0.1) is 0 Å². The van der Waals surface area contributed by atoms with Crippen molar-refractivity contribution in [2.75, 3.05) is 6.61 Å². The van der Waals surface area contributed by atoms with Crippen LogP contribution in [0.3, 0.4) is 0 Å². The highest BCUT2D eigenvalue weighted by Crippen LogP contribution is 2.30. The van der Waals surface area contributed by atoms with Gasteiger partial charge >= 0.3 is 6.01 Å². The number of rotatable bonds is 5. The summed E-state index contributed by atoms with van der Waals surface area (Å²) in [5.41, 5.74) is 1.50. The van der Waals surface area contributed by atoms with Crippen molar-refractivity contribution in [1.82, 2.24) is 19.5 Å². The van der Waals surface area contributed by atoms with Crippen LogP contribution in [0.15, 0.2) is 10.9 Å². The first-order valence-electron chi connectivity index (χ1n) is 7.87. The Morgan fingerprint density at radius 1 is 1.45 bits per heavy atom. The van der Waals surface area contributed by atoms with Gasteiger partial charge in [0.25, 0.3) is 0 Å². The number of imidazole rings is 1. The number of fused-ring (bicyclic) bond motifs is 1. The number of hydrogen-bond acceptors (Lipinski definition) is 5. The van der Waals surface area contributed by atoms with E-state index in [4.69, 9.17) is 9.47 Å². The highest BCUT2D eigenvalue weighted by molar-refractivity contribution is 9.10. The Morgan fingerprint density at radius 2 is 2.32 bits per heavy atom. The second kappa shape index (κ2) is 6.91. The van der Waals surface area contributed by atoms with Gasteiger partial charge in [-0.15, -0.1) is 0 Å². The molecule has 22 heavy (non-hydrogen) atoms. The van der Waals surface area contributed by atoms with Crippen LogP contribution >= 0.6 is 15.9 Å². The number of aromatic nitrogens is 4. The van der Waals surface area contributed by atoms with Crippen LogP contribution in [0.1, 0.15) is 52.2 Å². The number of nitrogens with zero attached hydrogens (tertiary/aromatic N) is 4. The average Bonchev–Trinajstić information content (AvgIpc) is 2.83. The van der Waals surface area contributed by atoms with Crippen molar-refractivity contribution in [1.29, 1.82) is 0 Å². The van der Waals surface area contributed by atoms with Gasteiger partial charge in [0.1, 0.15) is 11.7 Å². The van der Waals surface area contributed by atoms with Gasteiger partial charge in [0, 0.05) is 6.61 Å². The molecule has 1 aliphatic heterocycles. The maximum Gasteiger partial charge on any atom is 0.318 e. The molecule has 1 aliphatic rings. The second-order valence-corrected chi connectivity index (χ2v) is 6.36. The van der Waals surface area contributed by atoms with Gasteiger partial charge < -0.3 is 9.47 Å². The summed E-state index contributed by atoms with van der Waals surface area (Å²) in [6.07, 6.45) is 7.07. The standard InChI is InChI=1S/C15H21BrN4O2/c1-3-6-10(2)22-15-17-9-11-13(19-15)20(14(16)18-11)12-7-4-5-8-21-12/h9-10,12H,3-8H2,1-2H3/t10-,12?/m0/s1. The molecule has 2 aromatic rings. The second-order valence-electron chi connectivity index (χ2n) is 5.65. The van der Waals surface area contributed by atoms with Crippen molar-refractivity contribution in [3.63, 3.8) is 0 Å². The predicted molar refractivity (Wildman–Crippen MR) is 86.9 cm³/mol. The predicted octanol–water partition coefficient (Wildman–Crippen LogP) is 3.86. The van der Waals surface area contributed by atoms with Crippen molar-refractivity contribution >= 4 is 27.1 Å². The lowest BCUT2D eigenvalue weighted by Gasteiger charge is -2.24. The molecular weight excluding hydrogens is 348 g/mol. The number of halogens is 1. The topological polar surface area (TPSA) is 62.1 Å². The third-order valence-corrected chi connectivity index (χ3v) is 4.37. The normalized spacial score (nSPS) is 20.2. The van der Waals surface area contributed by atoms with Gasteiger partial charge in [-0.25, -0.2) is 9.97 Å². The molecule has 3 heterocycles. The minimum absolute atomic E-state index is 0.0241. The van der Waals surface area contributed by atoms with Crippen LogP contribution in [-0.2, 0) is 4.74 Å². The van der Waals surface area contributed by atoms with E-state index >= 15 is 0 Å². The first-order chi connectivity index (χ1) is 10.7. The minimum atomic E-state index is -0.0241. The fourth-order valence-electron chi connectivity index (χ4n) is 2.73. The van der Waals surface area contributed by atoms with Crippen LogP contribution in [0.5, 0.6) is 6.01 Å². The molecule has 0 N–H and O–H groups in total. The van der Waals surface area contributed by atoms with Gasteiger partial charge in [-0.1, -0.05) is 13.3 Å². The number of ether oxygens (including phenoxy) is 2. The zero-order chi connectivity index (χ0) is 15.5. The molecule has 0 aromatic carbocycles. The van der Waals surface area contributed by atoms with E-state index in [0.717, 1.165) is 54.6 Å². The molecule has 0 spiro atoms. The zero-order valence-electron chi connectivity index (χ0n) is 13.0. The van der Waals surface area contributed by atoms with Gasteiger partial charge in [-0.2, -0.15) is 4.98 Å². The molecule has 2 aromatic heterocycles. The Bertz CT molecular complexity index is 640. The molecule has 0 bridgehead atoms. The quantitative estimate of drug-likeness (QED) is 0.749. The first kappa shape index (κ1) is 15.7. The van der Waals surface area contributed by atoms with E-state index in [2.05, 4.69) is 37.8 Å². The molecule has 1 saturated heterocycles. The van der Waals surface area contributed by atoms with Crippen molar-refractivity contribution in [3.8, 4) is 6.01 Å². The van der Waals surface area contributed by atoms with Gasteiger partial charge in [-0.05, 0) is 48.5 Å². The lowest BCUT2D eigenvalue weighted by molar-refractivity contribution is -0.0311. The molecule has 0 radical (unpaired) electrons. The van der Waals surface area contributed by atoms with Crippen LogP contribution in [0.4, 0.5) is 0 Å². The fourth-order valence-corrected chi connectivity index (χ4v) is 3.32. The van der Waals surface area contributed by atoms with Gasteiger partial charge in [-0.3, -0.25) is 4.57 Å². The van der Waals surface area contributed by atoms with E-state index in [1.54, 1.807) is 6.20 Å². The SMILES string of the molecule is CCC[C@H](C)Oc1ncc2nc(Br)n(C3CCCCO3)c2n1. The van der Waals surface area contributed by atoms with Crippen LogP contribution in [0.25, 0.3) is 11.2 Å². The summed E-state index contributed by atoms with van der Waals surface area (Å²) in [5, 5.41) is 0. The summed E-state index contributed by atoms with van der Waals surface area (Å²) in [4.78, 5) is 13.3.